The molecule has 0 amide bonds. The van der Waals surface area contributed by atoms with Crippen LogP contribution in [0.1, 0.15) is 6.92 Å². The summed E-state index contributed by atoms with van der Waals surface area (Å²) in [4.78, 5) is 15.1. The Kier molecular flexibility index (Phi) is 3.68. The van der Waals surface area contributed by atoms with Crippen LogP contribution in [0.4, 0.5) is 15.8 Å². The Bertz CT molecular complexity index is 403. The Hall–Kier alpha value is -1.49. The lowest BCUT2D eigenvalue weighted by Gasteiger charge is -2.35. The van der Waals surface area contributed by atoms with Crippen LogP contribution in [0.15, 0.2) is 23.4 Å². The van der Waals surface area contributed by atoms with Crippen molar-refractivity contribution in [2.45, 2.75) is 6.92 Å². The summed E-state index contributed by atoms with van der Waals surface area (Å²) < 4.78 is 13.0. The van der Waals surface area contributed by atoms with Gasteiger partial charge < -0.3 is 9.80 Å². The Labute approximate surface area is 100.0 Å². The summed E-state index contributed by atoms with van der Waals surface area (Å²) in [5.74, 6) is -0.421. The van der Waals surface area contributed by atoms with Crippen molar-refractivity contribution in [2.75, 3.05) is 37.6 Å². The first-order valence-electron chi connectivity index (χ1n) is 5.85. The lowest BCUT2D eigenvalue weighted by molar-refractivity contribution is 0.271. The molecule has 0 saturated carbocycles. The van der Waals surface area contributed by atoms with E-state index in [1.807, 2.05) is 0 Å². The van der Waals surface area contributed by atoms with Crippen molar-refractivity contribution >= 4 is 11.4 Å². The van der Waals surface area contributed by atoms with Gasteiger partial charge in [0.25, 0.3) is 0 Å². The molecule has 5 heteroatoms. The SMILES string of the molecule is CCN1CCN(c2ccc(F)cc2N=O)CC1. The van der Waals surface area contributed by atoms with Crippen molar-refractivity contribution in [1.82, 2.24) is 4.90 Å². The zero-order valence-corrected chi connectivity index (χ0v) is 9.90. The fourth-order valence-electron chi connectivity index (χ4n) is 2.14. The molecule has 1 aromatic carbocycles. The van der Waals surface area contributed by atoms with E-state index in [0.717, 1.165) is 38.4 Å². The summed E-state index contributed by atoms with van der Waals surface area (Å²) in [5, 5.41) is 2.90. The minimum absolute atomic E-state index is 0.190. The number of halogens is 1. The van der Waals surface area contributed by atoms with Crippen molar-refractivity contribution in [3.63, 3.8) is 0 Å². The molecule has 0 unspecified atom stereocenters. The first kappa shape index (κ1) is 12.0. The molecule has 0 aromatic heterocycles. The van der Waals surface area contributed by atoms with Gasteiger partial charge in [0.1, 0.15) is 11.5 Å². The van der Waals surface area contributed by atoms with Gasteiger partial charge in [0, 0.05) is 32.2 Å². The summed E-state index contributed by atoms with van der Waals surface area (Å²) in [6.45, 7) is 6.80. The number of nitrogens with zero attached hydrogens (tertiary/aromatic N) is 3. The number of piperazine rings is 1. The fourth-order valence-corrected chi connectivity index (χ4v) is 2.14. The lowest BCUT2D eigenvalue weighted by atomic mass is 10.2. The van der Waals surface area contributed by atoms with Gasteiger partial charge >= 0.3 is 0 Å². The number of hydrogen-bond donors (Lipinski definition) is 0. The zero-order valence-electron chi connectivity index (χ0n) is 9.90. The molecule has 17 heavy (non-hydrogen) atoms. The van der Waals surface area contributed by atoms with Gasteiger partial charge in [0.05, 0.1) is 5.69 Å². The van der Waals surface area contributed by atoms with Crippen LogP contribution >= 0.6 is 0 Å². The number of hydrogen-bond acceptors (Lipinski definition) is 4. The normalized spacial score (nSPS) is 17.2. The molecule has 0 aliphatic carbocycles. The summed E-state index contributed by atoms with van der Waals surface area (Å²) in [7, 11) is 0. The van der Waals surface area contributed by atoms with E-state index < -0.39 is 5.82 Å². The van der Waals surface area contributed by atoms with E-state index in [9.17, 15) is 9.30 Å². The van der Waals surface area contributed by atoms with E-state index in [4.69, 9.17) is 0 Å². The average Bonchev–Trinajstić information content (AvgIpc) is 2.39. The van der Waals surface area contributed by atoms with Crippen LogP contribution in [0, 0.1) is 10.7 Å². The minimum atomic E-state index is -0.421. The second-order valence-electron chi connectivity index (χ2n) is 4.15. The zero-order chi connectivity index (χ0) is 12.3. The predicted molar refractivity (Wildman–Crippen MR) is 66.2 cm³/mol. The number of likely N-dealkylation sites (N-methyl/N-ethyl adjacent to an activating group) is 1. The van der Waals surface area contributed by atoms with E-state index in [1.54, 1.807) is 6.07 Å². The second kappa shape index (κ2) is 5.23. The Morgan fingerprint density at radius 3 is 2.59 bits per heavy atom. The van der Waals surface area contributed by atoms with Gasteiger partial charge in [-0.3, -0.25) is 0 Å². The molecule has 0 radical (unpaired) electrons. The molecule has 4 nitrogen and oxygen atoms in total. The molecule has 2 rings (SSSR count). The van der Waals surface area contributed by atoms with E-state index >= 15 is 0 Å². The van der Waals surface area contributed by atoms with Crippen LogP contribution < -0.4 is 4.90 Å². The molecule has 1 heterocycles. The van der Waals surface area contributed by atoms with Gasteiger partial charge in [-0.1, -0.05) is 6.92 Å². The van der Waals surface area contributed by atoms with Gasteiger partial charge in [-0.05, 0) is 23.9 Å². The predicted octanol–water partition coefficient (Wildman–Crippen LogP) is 2.37. The second-order valence-corrected chi connectivity index (χ2v) is 4.15. The molecular weight excluding hydrogens is 221 g/mol. The van der Waals surface area contributed by atoms with E-state index in [-0.39, 0.29) is 5.69 Å². The van der Waals surface area contributed by atoms with Gasteiger partial charge in [-0.15, -0.1) is 4.91 Å². The Morgan fingerprint density at radius 1 is 1.29 bits per heavy atom. The molecule has 0 bridgehead atoms. The maximum Gasteiger partial charge on any atom is 0.134 e. The number of nitroso groups, excluding NO2 is 1. The smallest absolute Gasteiger partial charge is 0.134 e. The molecule has 1 aromatic rings. The third-order valence-electron chi connectivity index (χ3n) is 3.20. The largest absolute Gasteiger partial charge is 0.367 e. The molecule has 1 saturated heterocycles. The van der Waals surface area contributed by atoms with Gasteiger partial charge in [-0.25, -0.2) is 4.39 Å². The first-order valence-corrected chi connectivity index (χ1v) is 5.85. The van der Waals surface area contributed by atoms with Gasteiger partial charge in [-0.2, -0.15) is 0 Å². The highest BCUT2D eigenvalue weighted by atomic mass is 19.1. The third-order valence-corrected chi connectivity index (χ3v) is 3.20. The first-order chi connectivity index (χ1) is 8.24. The van der Waals surface area contributed by atoms with Gasteiger partial charge in [0.2, 0.25) is 0 Å². The van der Waals surface area contributed by atoms with Crippen LogP contribution in [0.3, 0.4) is 0 Å². The van der Waals surface area contributed by atoms with Crippen molar-refractivity contribution < 1.29 is 4.39 Å². The fraction of sp³-hybridized carbons (Fsp3) is 0.500. The van der Waals surface area contributed by atoms with Crippen LogP contribution in [0.5, 0.6) is 0 Å². The average molecular weight is 237 g/mol. The maximum absolute atomic E-state index is 13.0. The standard InChI is InChI=1S/C12H16FN3O/c1-2-15-5-7-16(8-6-15)12-4-3-10(13)9-11(12)14-17/h3-4,9H,2,5-8H2,1H3. The van der Waals surface area contributed by atoms with Gasteiger partial charge in [0.15, 0.2) is 0 Å². The minimum Gasteiger partial charge on any atom is -0.367 e. The van der Waals surface area contributed by atoms with E-state index in [0.29, 0.717) is 0 Å². The summed E-state index contributed by atoms with van der Waals surface area (Å²) >= 11 is 0. The van der Waals surface area contributed by atoms with Crippen LogP contribution in [0.25, 0.3) is 0 Å². The Balaban J connectivity index is 2.15. The molecule has 0 atom stereocenters. The number of benzene rings is 1. The maximum atomic E-state index is 13.0. The molecule has 1 aliphatic rings. The highest BCUT2D eigenvalue weighted by Gasteiger charge is 2.18. The van der Waals surface area contributed by atoms with Crippen molar-refractivity contribution in [1.29, 1.82) is 0 Å². The number of rotatable bonds is 3. The summed E-state index contributed by atoms with van der Waals surface area (Å²) in [5.41, 5.74) is 0.923. The topological polar surface area (TPSA) is 35.9 Å². The molecule has 0 N–H and O–H groups in total. The molecule has 92 valence electrons. The van der Waals surface area contributed by atoms with Crippen molar-refractivity contribution in [3.05, 3.63) is 28.9 Å². The van der Waals surface area contributed by atoms with E-state index in [1.165, 1.54) is 12.1 Å². The van der Waals surface area contributed by atoms with Crippen LogP contribution in [-0.4, -0.2) is 37.6 Å². The number of anilines is 1. The molecule has 0 spiro atoms. The highest BCUT2D eigenvalue weighted by Crippen LogP contribution is 2.29. The summed E-state index contributed by atoms with van der Waals surface area (Å²) in [6.07, 6.45) is 0. The molecule has 1 fully saturated rings. The Morgan fingerprint density at radius 2 is 2.00 bits per heavy atom. The monoisotopic (exact) mass is 237 g/mol. The highest BCUT2D eigenvalue weighted by molar-refractivity contribution is 5.67. The van der Waals surface area contributed by atoms with Crippen molar-refractivity contribution in [3.8, 4) is 0 Å². The summed E-state index contributed by atoms with van der Waals surface area (Å²) in [6, 6.07) is 4.19. The van der Waals surface area contributed by atoms with Crippen LogP contribution in [-0.2, 0) is 0 Å². The lowest BCUT2D eigenvalue weighted by Crippen LogP contribution is -2.46. The molecule has 1 aliphatic heterocycles. The van der Waals surface area contributed by atoms with E-state index in [2.05, 4.69) is 21.9 Å². The molecular formula is C12H16FN3O. The third kappa shape index (κ3) is 2.61. The van der Waals surface area contributed by atoms with Crippen LogP contribution in [0.2, 0.25) is 0 Å². The quantitative estimate of drug-likeness (QED) is 0.757. The van der Waals surface area contributed by atoms with Crippen molar-refractivity contribution in [2.24, 2.45) is 5.18 Å².